The molecule has 21 heavy (non-hydrogen) atoms. The minimum absolute atomic E-state index is 0. The van der Waals surface area contributed by atoms with Gasteiger partial charge in [-0.05, 0) is 37.6 Å². The highest BCUT2D eigenvalue weighted by Crippen LogP contribution is 2.23. The van der Waals surface area contributed by atoms with Crippen molar-refractivity contribution in [2.24, 2.45) is 5.92 Å². The number of hydrogen-bond donors (Lipinski definition) is 3. The minimum Gasteiger partial charge on any atom is -0.324 e. The molecule has 1 aromatic rings. The number of sulfonamides is 1. The molecule has 0 bridgehead atoms. The molecule has 1 aromatic carbocycles. The summed E-state index contributed by atoms with van der Waals surface area (Å²) in [5.74, 6) is 0.256. The summed E-state index contributed by atoms with van der Waals surface area (Å²) < 4.78 is 25.0. The van der Waals surface area contributed by atoms with Crippen LogP contribution in [0.1, 0.15) is 12.8 Å². The van der Waals surface area contributed by atoms with Crippen molar-refractivity contribution < 1.29 is 13.2 Å². The summed E-state index contributed by atoms with van der Waals surface area (Å²) >= 11 is 0. The van der Waals surface area contributed by atoms with Crippen molar-refractivity contribution in [3.05, 3.63) is 24.3 Å². The number of rotatable bonds is 5. The molecule has 3 N–H and O–H groups in total. The third-order valence-corrected chi connectivity index (χ3v) is 3.72. The van der Waals surface area contributed by atoms with Crippen molar-refractivity contribution in [3.8, 4) is 0 Å². The Morgan fingerprint density at radius 2 is 2.00 bits per heavy atom. The van der Waals surface area contributed by atoms with Crippen LogP contribution in [-0.4, -0.2) is 33.7 Å². The van der Waals surface area contributed by atoms with Crippen molar-refractivity contribution in [3.63, 3.8) is 0 Å². The van der Waals surface area contributed by atoms with Crippen LogP contribution < -0.4 is 15.4 Å². The molecule has 1 atom stereocenters. The monoisotopic (exact) mass is 333 g/mol. The van der Waals surface area contributed by atoms with Crippen molar-refractivity contribution in [2.45, 2.75) is 12.8 Å². The van der Waals surface area contributed by atoms with E-state index in [0.29, 0.717) is 23.7 Å². The molecule has 1 amide bonds. The molecular formula is C13H20ClN3O3S. The normalized spacial score (nSPS) is 17.9. The molecule has 1 aliphatic rings. The van der Waals surface area contributed by atoms with Crippen LogP contribution in [0, 0.1) is 5.92 Å². The summed E-state index contributed by atoms with van der Waals surface area (Å²) in [5.41, 5.74) is 0.863. The number of hydrogen-bond acceptors (Lipinski definition) is 4. The molecule has 2 rings (SSSR count). The first-order valence-corrected chi connectivity index (χ1v) is 8.40. The zero-order valence-electron chi connectivity index (χ0n) is 11.8. The van der Waals surface area contributed by atoms with Gasteiger partial charge in [0.25, 0.3) is 0 Å². The number of halogens is 1. The molecule has 1 fully saturated rings. The van der Waals surface area contributed by atoms with Crippen molar-refractivity contribution in [1.82, 2.24) is 5.32 Å². The Bertz CT molecular complexity index is 586. The van der Waals surface area contributed by atoms with E-state index >= 15 is 0 Å². The lowest BCUT2D eigenvalue weighted by molar-refractivity contribution is -0.116. The number of amides is 1. The molecule has 6 nitrogen and oxygen atoms in total. The molecule has 0 aromatic heterocycles. The van der Waals surface area contributed by atoms with E-state index in [2.05, 4.69) is 15.4 Å². The molecule has 0 spiro atoms. The Morgan fingerprint density at radius 1 is 1.33 bits per heavy atom. The smallest absolute Gasteiger partial charge is 0.229 e. The molecule has 0 saturated carbocycles. The van der Waals surface area contributed by atoms with Crippen molar-refractivity contribution >= 4 is 39.7 Å². The van der Waals surface area contributed by atoms with Crippen LogP contribution in [0.4, 0.5) is 11.4 Å². The number of para-hydroxylation sites is 2. The predicted molar refractivity (Wildman–Crippen MR) is 86.4 cm³/mol. The Labute approximate surface area is 131 Å². The van der Waals surface area contributed by atoms with E-state index in [1.54, 1.807) is 24.3 Å². The topological polar surface area (TPSA) is 87.3 Å². The third kappa shape index (κ3) is 5.91. The third-order valence-electron chi connectivity index (χ3n) is 3.13. The number of anilines is 2. The van der Waals surface area contributed by atoms with Gasteiger partial charge < -0.3 is 10.6 Å². The number of carbonyl (C=O) groups is 1. The van der Waals surface area contributed by atoms with E-state index < -0.39 is 10.0 Å². The maximum Gasteiger partial charge on any atom is 0.229 e. The van der Waals surface area contributed by atoms with Gasteiger partial charge in [-0.25, -0.2) is 8.42 Å². The average Bonchev–Trinajstić information content (AvgIpc) is 2.82. The first kappa shape index (κ1) is 17.7. The quantitative estimate of drug-likeness (QED) is 0.760. The highest BCUT2D eigenvalue weighted by atomic mass is 35.5. The van der Waals surface area contributed by atoms with Crippen LogP contribution in [0.3, 0.4) is 0 Å². The van der Waals surface area contributed by atoms with Crippen LogP contribution in [0.2, 0.25) is 0 Å². The van der Waals surface area contributed by atoms with Crippen LogP contribution in [-0.2, 0) is 14.8 Å². The van der Waals surface area contributed by atoms with Gasteiger partial charge in [-0.1, -0.05) is 12.1 Å². The van der Waals surface area contributed by atoms with Gasteiger partial charge >= 0.3 is 0 Å². The summed E-state index contributed by atoms with van der Waals surface area (Å²) in [7, 11) is -3.37. The molecule has 1 saturated heterocycles. The summed E-state index contributed by atoms with van der Waals surface area (Å²) in [6.07, 6.45) is 2.52. The fourth-order valence-corrected chi connectivity index (χ4v) is 2.81. The van der Waals surface area contributed by atoms with Crippen LogP contribution in [0.25, 0.3) is 0 Å². The SMILES string of the molecule is CS(=O)(=O)Nc1ccccc1NC(=O)CC1CCNC1.Cl. The summed E-state index contributed by atoms with van der Waals surface area (Å²) in [6.45, 7) is 1.81. The largest absolute Gasteiger partial charge is 0.324 e. The second kappa shape index (κ2) is 7.63. The van der Waals surface area contributed by atoms with Gasteiger partial charge in [0.1, 0.15) is 0 Å². The first-order chi connectivity index (χ1) is 9.44. The fraction of sp³-hybridized carbons (Fsp3) is 0.462. The Balaban J connectivity index is 0.00000220. The van der Waals surface area contributed by atoms with E-state index in [4.69, 9.17) is 0 Å². The number of nitrogens with one attached hydrogen (secondary N) is 3. The Morgan fingerprint density at radius 3 is 2.57 bits per heavy atom. The van der Waals surface area contributed by atoms with Gasteiger partial charge in [-0.3, -0.25) is 9.52 Å². The maximum absolute atomic E-state index is 12.0. The summed E-state index contributed by atoms with van der Waals surface area (Å²) in [6, 6.07) is 6.76. The lowest BCUT2D eigenvalue weighted by Crippen LogP contribution is -2.19. The first-order valence-electron chi connectivity index (χ1n) is 6.51. The molecule has 1 heterocycles. The average molecular weight is 334 g/mol. The standard InChI is InChI=1S/C13H19N3O3S.ClH/c1-20(18,19)16-12-5-3-2-4-11(12)15-13(17)8-10-6-7-14-9-10;/h2-5,10,14,16H,6-9H2,1H3,(H,15,17);1H. The van der Waals surface area contributed by atoms with Gasteiger partial charge in [0.15, 0.2) is 0 Å². The second-order valence-electron chi connectivity index (χ2n) is 5.03. The summed E-state index contributed by atoms with van der Waals surface area (Å²) in [5, 5.41) is 5.98. The zero-order chi connectivity index (χ0) is 14.6. The summed E-state index contributed by atoms with van der Waals surface area (Å²) in [4.78, 5) is 12.0. The zero-order valence-corrected chi connectivity index (χ0v) is 13.4. The van der Waals surface area contributed by atoms with Crippen LogP contribution in [0.15, 0.2) is 24.3 Å². The van der Waals surface area contributed by atoms with Crippen molar-refractivity contribution in [2.75, 3.05) is 29.4 Å². The van der Waals surface area contributed by atoms with Gasteiger partial charge in [0.05, 0.1) is 17.6 Å². The van der Waals surface area contributed by atoms with Gasteiger partial charge in [0, 0.05) is 6.42 Å². The van der Waals surface area contributed by atoms with E-state index in [0.717, 1.165) is 25.8 Å². The highest BCUT2D eigenvalue weighted by molar-refractivity contribution is 7.92. The van der Waals surface area contributed by atoms with E-state index in [1.807, 2.05) is 0 Å². The number of benzene rings is 1. The highest BCUT2D eigenvalue weighted by Gasteiger charge is 2.18. The van der Waals surface area contributed by atoms with Crippen molar-refractivity contribution in [1.29, 1.82) is 0 Å². The van der Waals surface area contributed by atoms with Gasteiger partial charge in [-0.15, -0.1) is 12.4 Å². The maximum atomic E-state index is 12.0. The van der Waals surface area contributed by atoms with E-state index in [9.17, 15) is 13.2 Å². The number of carbonyl (C=O) groups excluding carboxylic acids is 1. The Kier molecular flexibility index (Phi) is 6.44. The molecule has 8 heteroatoms. The molecular weight excluding hydrogens is 314 g/mol. The van der Waals surface area contributed by atoms with Crippen LogP contribution >= 0.6 is 12.4 Å². The van der Waals surface area contributed by atoms with Gasteiger partial charge in [0.2, 0.25) is 15.9 Å². The molecule has 1 unspecified atom stereocenters. The second-order valence-corrected chi connectivity index (χ2v) is 6.78. The molecule has 1 aliphatic heterocycles. The molecule has 0 aliphatic carbocycles. The molecule has 118 valence electrons. The van der Waals surface area contributed by atoms with Gasteiger partial charge in [-0.2, -0.15) is 0 Å². The fourth-order valence-electron chi connectivity index (χ4n) is 2.23. The Hall–Kier alpha value is -1.31. The lowest BCUT2D eigenvalue weighted by atomic mass is 10.0. The predicted octanol–water partition coefficient (Wildman–Crippen LogP) is 1.42. The van der Waals surface area contributed by atoms with E-state index in [1.165, 1.54) is 0 Å². The lowest BCUT2D eigenvalue weighted by Gasteiger charge is -2.13. The molecule has 0 radical (unpaired) electrons. The van der Waals surface area contributed by atoms with E-state index in [-0.39, 0.29) is 18.3 Å². The minimum atomic E-state index is -3.37. The van der Waals surface area contributed by atoms with Crippen LogP contribution in [0.5, 0.6) is 0 Å².